The molecule has 0 bridgehead atoms. The van der Waals surface area contributed by atoms with Crippen molar-refractivity contribution in [2.24, 2.45) is 5.92 Å². The molecule has 0 radical (unpaired) electrons. The van der Waals surface area contributed by atoms with Gasteiger partial charge in [0.2, 0.25) is 0 Å². The lowest BCUT2D eigenvalue weighted by Gasteiger charge is -2.15. The lowest BCUT2D eigenvalue weighted by Crippen LogP contribution is -2.05. The number of esters is 1. The molecule has 40 heavy (non-hydrogen) atoms. The molecular weight excluding hydrogens is 494 g/mol. The third kappa shape index (κ3) is 8.71. The van der Waals surface area contributed by atoms with Crippen LogP contribution < -0.4 is 4.74 Å². The molecule has 0 fully saturated rings. The topological polar surface area (TPSA) is 59.3 Å². The standard InChI is InChI=1S/C36H35NO3/c1-39-36(38)34-23-20-31(21-24-34)26-30(16-13-29-14-17-32(27-37)18-15-29)19-22-33-11-5-6-12-35(33)40-25-7-10-28-8-3-2-4-9-28/h2-6,8-9,11-12,14-15,17-24,30H,7,10,13,16,25-26H2,1H3/b22-19+. The summed E-state index contributed by atoms with van der Waals surface area (Å²) in [6, 6.07) is 36.3. The van der Waals surface area contributed by atoms with Crippen molar-refractivity contribution in [3.8, 4) is 11.8 Å². The third-order valence-electron chi connectivity index (χ3n) is 6.94. The molecule has 4 heteroatoms. The molecule has 0 saturated carbocycles. The molecule has 4 aromatic rings. The van der Waals surface area contributed by atoms with Crippen molar-refractivity contribution in [3.05, 3.63) is 143 Å². The molecule has 0 aliphatic heterocycles. The second kappa shape index (κ2) is 15.1. The SMILES string of the molecule is COC(=O)c1ccc(CC(/C=C/c2ccccc2OCCCc2ccccc2)CCc2ccc(C#N)cc2)cc1. The molecule has 0 aromatic heterocycles. The number of methoxy groups -OCH3 is 1. The summed E-state index contributed by atoms with van der Waals surface area (Å²) in [6.07, 6.45) is 9.07. The normalized spacial score (nSPS) is 11.6. The molecule has 0 spiro atoms. The smallest absolute Gasteiger partial charge is 0.337 e. The van der Waals surface area contributed by atoms with Crippen LogP contribution in [0.1, 0.15) is 51.0 Å². The average molecular weight is 530 g/mol. The van der Waals surface area contributed by atoms with Crippen molar-refractivity contribution < 1.29 is 14.3 Å². The fraction of sp³-hybridized carbons (Fsp3) is 0.222. The van der Waals surface area contributed by atoms with Gasteiger partial charge in [0.25, 0.3) is 0 Å². The van der Waals surface area contributed by atoms with Gasteiger partial charge in [-0.1, -0.05) is 84.9 Å². The Morgan fingerprint density at radius 3 is 2.23 bits per heavy atom. The van der Waals surface area contributed by atoms with Gasteiger partial charge in [-0.3, -0.25) is 0 Å². The second-order valence-corrected chi connectivity index (χ2v) is 9.83. The number of allylic oxidation sites excluding steroid dienone is 1. The summed E-state index contributed by atoms with van der Waals surface area (Å²) in [7, 11) is 1.39. The van der Waals surface area contributed by atoms with Crippen molar-refractivity contribution in [2.45, 2.75) is 32.1 Å². The maximum atomic E-state index is 11.8. The molecule has 0 aliphatic rings. The van der Waals surface area contributed by atoms with Crippen LogP contribution in [0.2, 0.25) is 0 Å². The summed E-state index contributed by atoms with van der Waals surface area (Å²) < 4.78 is 11.0. The second-order valence-electron chi connectivity index (χ2n) is 9.83. The highest BCUT2D eigenvalue weighted by Crippen LogP contribution is 2.24. The zero-order chi connectivity index (χ0) is 28.0. The minimum absolute atomic E-state index is 0.269. The minimum Gasteiger partial charge on any atom is -0.493 e. The van der Waals surface area contributed by atoms with Crippen LogP contribution in [0.25, 0.3) is 6.08 Å². The van der Waals surface area contributed by atoms with E-state index in [2.05, 4.69) is 48.6 Å². The number of nitrogens with zero attached hydrogens (tertiary/aromatic N) is 1. The monoisotopic (exact) mass is 529 g/mol. The maximum Gasteiger partial charge on any atom is 0.337 e. The molecule has 4 rings (SSSR count). The summed E-state index contributed by atoms with van der Waals surface area (Å²) in [5.74, 6) is 0.829. The number of benzene rings is 4. The van der Waals surface area contributed by atoms with E-state index in [1.165, 1.54) is 18.2 Å². The fourth-order valence-electron chi connectivity index (χ4n) is 4.65. The Morgan fingerprint density at radius 1 is 0.825 bits per heavy atom. The summed E-state index contributed by atoms with van der Waals surface area (Å²) >= 11 is 0. The quantitative estimate of drug-likeness (QED) is 0.131. The largest absolute Gasteiger partial charge is 0.493 e. The van der Waals surface area contributed by atoms with Crippen LogP contribution in [0.5, 0.6) is 5.75 Å². The molecule has 202 valence electrons. The highest BCUT2D eigenvalue weighted by Gasteiger charge is 2.11. The molecule has 4 nitrogen and oxygen atoms in total. The lowest BCUT2D eigenvalue weighted by atomic mass is 9.91. The Bertz CT molecular complexity index is 1420. The Labute approximate surface area is 237 Å². The number of nitriles is 1. The van der Waals surface area contributed by atoms with E-state index in [0.29, 0.717) is 17.7 Å². The van der Waals surface area contributed by atoms with Gasteiger partial charge in [-0.05, 0) is 85.0 Å². The van der Waals surface area contributed by atoms with Crippen molar-refractivity contribution >= 4 is 12.0 Å². The van der Waals surface area contributed by atoms with Crippen LogP contribution in [0.15, 0.2) is 109 Å². The minimum atomic E-state index is -0.329. The number of rotatable bonds is 13. The number of carbonyl (C=O) groups excluding carboxylic acids is 1. The van der Waals surface area contributed by atoms with Crippen LogP contribution in [0.4, 0.5) is 0 Å². The van der Waals surface area contributed by atoms with E-state index in [0.717, 1.165) is 49.0 Å². The van der Waals surface area contributed by atoms with E-state index >= 15 is 0 Å². The number of ether oxygens (including phenoxy) is 2. The van der Waals surface area contributed by atoms with E-state index < -0.39 is 0 Å². The zero-order valence-corrected chi connectivity index (χ0v) is 23.0. The van der Waals surface area contributed by atoms with Crippen LogP contribution in [-0.4, -0.2) is 19.7 Å². The molecule has 0 amide bonds. The van der Waals surface area contributed by atoms with E-state index in [-0.39, 0.29) is 11.9 Å². The highest BCUT2D eigenvalue weighted by molar-refractivity contribution is 5.89. The van der Waals surface area contributed by atoms with Crippen molar-refractivity contribution in [3.63, 3.8) is 0 Å². The lowest BCUT2D eigenvalue weighted by molar-refractivity contribution is 0.0600. The number of para-hydroxylation sites is 1. The molecule has 1 unspecified atom stereocenters. The van der Waals surface area contributed by atoms with Crippen LogP contribution >= 0.6 is 0 Å². The molecule has 0 N–H and O–H groups in total. The van der Waals surface area contributed by atoms with Crippen molar-refractivity contribution in [1.29, 1.82) is 5.26 Å². The summed E-state index contributed by atoms with van der Waals surface area (Å²) in [5, 5.41) is 9.10. The van der Waals surface area contributed by atoms with Gasteiger partial charge >= 0.3 is 5.97 Å². The molecule has 1 atom stereocenters. The Hall–Kier alpha value is -4.62. The first-order chi connectivity index (χ1) is 19.6. The van der Waals surface area contributed by atoms with Gasteiger partial charge in [0.15, 0.2) is 0 Å². The fourth-order valence-corrected chi connectivity index (χ4v) is 4.65. The first-order valence-electron chi connectivity index (χ1n) is 13.7. The van der Waals surface area contributed by atoms with Crippen molar-refractivity contribution in [2.75, 3.05) is 13.7 Å². The van der Waals surface area contributed by atoms with Gasteiger partial charge < -0.3 is 9.47 Å². The summed E-state index contributed by atoms with van der Waals surface area (Å²) in [4.78, 5) is 11.8. The van der Waals surface area contributed by atoms with Gasteiger partial charge in [0, 0.05) is 5.56 Å². The predicted molar refractivity (Wildman–Crippen MR) is 160 cm³/mol. The molecule has 0 saturated heterocycles. The maximum absolute atomic E-state index is 11.8. The van der Waals surface area contributed by atoms with Gasteiger partial charge in [0.1, 0.15) is 5.75 Å². The zero-order valence-electron chi connectivity index (χ0n) is 23.0. The average Bonchev–Trinajstić information content (AvgIpc) is 3.01. The number of hydrogen-bond acceptors (Lipinski definition) is 4. The van der Waals surface area contributed by atoms with Crippen molar-refractivity contribution in [1.82, 2.24) is 0 Å². The van der Waals surface area contributed by atoms with Crippen LogP contribution in [-0.2, 0) is 24.0 Å². The van der Waals surface area contributed by atoms with Gasteiger partial charge in [-0.2, -0.15) is 5.26 Å². The first-order valence-corrected chi connectivity index (χ1v) is 13.7. The van der Waals surface area contributed by atoms with Crippen LogP contribution in [0.3, 0.4) is 0 Å². The van der Waals surface area contributed by atoms with E-state index in [9.17, 15) is 4.79 Å². The molecule has 4 aromatic carbocycles. The third-order valence-corrected chi connectivity index (χ3v) is 6.94. The Morgan fingerprint density at radius 2 is 1.50 bits per heavy atom. The number of hydrogen-bond donors (Lipinski definition) is 0. The van der Waals surface area contributed by atoms with Gasteiger partial charge in [-0.15, -0.1) is 0 Å². The van der Waals surface area contributed by atoms with Gasteiger partial charge in [0.05, 0.1) is 30.9 Å². The Kier molecular flexibility index (Phi) is 10.7. The summed E-state index contributed by atoms with van der Waals surface area (Å²) in [6.45, 7) is 0.661. The Balaban J connectivity index is 1.44. The van der Waals surface area contributed by atoms with E-state index in [1.54, 1.807) is 0 Å². The van der Waals surface area contributed by atoms with Crippen LogP contribution in [0, 0.1) is 17.2 Å². The molecular formula is C36H35NO3. The predicted octanol–water partition coefficient (Wildman–Crippen LogP) is 7.86. The number of aryl methyl sites for hydroxylation is 2. The molecule has 0 aliphatic carbocycles. The van der Waals surface area contributed by atoms with E-state index in [1.807, 2.05) is 72.8 Å². The number of carbonyl (C=O) groups is 1. The first kappa shape index (κ1) is 28.4. The molecule has 0 heterocycles. The van der Waals surface area contributed by atoms with Gasteiger partial charge in [-0.25, -0.2) is 4.79 Å². The highest BCUT2D eigenvalue weighted by atomic mass is 16.5. The van der Waals surface area contributed by atoms with E-state index in [4.69, 9.17) is 14.7 Å². The summed E-state index contributed by atoms with van der Waals surface area (Å²) in [5.41, 5.74) is 5.98.